The normalized spacial score (nSPS) is 11.3. The molecule has 8 heteroatoms. The SMILES string of the molecule is CCCOc1cccc(N(CC)c2ncc(C(F)(F)F)c(OC)n2)c1. The molecule has 0 atom stereocenters. The highest BCUT2D eigenvalue weighted by molar-refractivity contribution is 5.59. The average Bonchev–Trinajstić information content (AvgIpc) is 2.60. The Morgan fingerprint density at radius 1 is 1.20 bits per heavy atom. The molecule has 5 nitrogen and oxygen atoms in total. The van der Waals surface area contributed by atoms with E-state index < -0.39 is 17.6 Å². The third-order valence-electron chi connectivity index (χ3n) is 3.40. The van der Waals surface area contributed by atoms with Crippen molar-refractivity contribution in [1.82, 2.24) is 9.97 Å². The van der Waals surface area contributed by atoms with Crippen LogP contribution in [0.25, 0.3) is 0 Å². The summed E-state index contributed by atoms with van der Waals surface area (Å²) >= 11 is 0. The predicted molar refractivity (Wildman–Crippen MR) is 88.5 cm³/mol. The van der Waals surface area contributed by atoms with Gasteiger partial charge < -0.3 is 14.4 Å². The standard InChI is InChI=1S/C17H20F3N3O2/c1-4-9-25-13-8-6-7-12(10-13)23(5-2)16-21-11-14(17(18,19)20)15(22-16)24-3/h6-8,10-11H,4-5,9H2,1-3H3. The minimum Gasteiger partial charge on any atom is -0.494 e. The van der Waals surface area contributed by atoms with Crippen LogP contribution < -0.4 is 14.4 Å². The van der Waals surface area contributed by atoms with Crippen molar-refractivity contribution in [2.24, 2.45) is 0 Å². The van der Waals surface area contributed by atoms with Crippen LogP contribution >= 0.6 is 0 Å². The van der Waals surface area contributed by atoms with E-state index in [4.69, 9.17) is 9.47 Å². The number of nitrogens with zero attached hydrogens (tertiary/aromatic N) is 3. The number of methoxy groups -OCH3 is 1. The lowest BCUT2D eigenvalue weighted by molar-refractivity contribution is -0.139. The van der Waals surface area contributed by atoms with E-state index in [1.54, 1.807) is 11.0 Å². The fourth-order valence-electron chi connectivity index (χ4n) is 2.24. The first-order valence-electron chi connectivity index (χ1n) is 7.89. The summed E-state index contributed by atoms with van der Waals surface area (Å²) in [4.78, 5) is 9.48. The van der Waals surface area contributed by atoms with Gasteiger partial charge >= 0.3 is 6.18 Å². The number of hydrogen-bond acceptors (Lipinski definition) is 5. The van der Waals surface area contributed by atoms with Crippen molar-refractivity contribution in [2.75, 3.05) is 25.2 Å². The minimum absolute atomic E-state index is 0.125. The molecule has 1 heterocycles. The van der Waals surface area contributed by atoms with Gasteiger partial charge in [0.1, 0.15) is 11.3 Å². The molecule has 25 heavy (non-hydrogen) atoms. The molecule has 0 saturated carbocycles. The zero-order valence-corrected chi connectivity index (χ0v) is 14.3. The van der Waals surface area contributed by atoms with E-state index in [0.29, 0.717) is 18.9 Å². The lowest BCUT2D eigenvalue weighted by Gasteiger charge is -2.22. The molecule has 1 aromatic heterocycles. The highest BCUT2D eigenvalue weighted by atomic mass is 19.4. The van der Waals surface area contributed by atoms with Crippen LogP contribution in [0.3, 0.4) is 0 Å². The van der Waals surface area contributed by atoms with Gasteiger partial charge in [-0.3, -0.25) is 0 Å². The molecule has 0 spiro atoms. The van der Waals surface area contributed by atoms with Crippen LogP contribution in [-0.2, 0) is 6.18 Å². The minimum atomic E-state index is -4.57. The summed E-state index contributed by atoms with van der Waals surface area (Å²) in [6.07, 6.45) is -2.96. The number of anilines is 2. The zero-order chi connectivity index (χ0) is 18.4. The van der Waals surface area contributed by atoms with Gasteiger partial charge in [0, 0.05) is 24.5 Å². The molecule has 0 N–H and O–H groups in total. The van der Waals surface area contributed by atoms with Crippen LogP contribution in [0.1, 0.15) is 25.8 Å². The second kappa shape index (κ2) is 8.04. The Labute approximate surface area is 144 Å². The lowest BCUT2D eigenvalue weighted by atomic mass is 10.2. The summed E-state index contributed by atoms with van der Waals surface area (Å²) in [7, 11) is 1.15. The number of alkyl halides is 3. The highest BCUT2D eigenvalue weighted by Gasteiger charge is 2.36. The van der Waals surface area contributed by atoms with Gasteiger partial charge in [0.2, 0.25) is 11.8 Å². The molecule has 2 aromatic rings. The summed E-state index contributed by atoms with van der Waals surface area (Å²) in [5.74, 6) is 0.297. The van der Waals surface area contributed by atoms with Crippen molar-refractivity contribution in [3.8, 4) is 11.6 Å². The molecule has 0 saturated heterocycles. The molecule has 0 fully saturated rings. The number of aromatic nitrogens is 2. The summed E-state index contributed by atoms with van der Waals surface area (Å²) in [5, 5.41) is 0. The van der Waals surface area contributed by atoms with Crippen molar-refractivity contribution >= 4 is 11.6 Å². The second-order valence-electron chi connectivity index (χ2n) is 5.18. The maximum absolute atomic E-state index is 13.0. The highest BCUT2D eigenvalue weighted by Crippen LogP contribution is 2.36. The maximum atomic E-state index is 13.0. The van der Waals surface area contributed by atoms with Crippen molar-refractivity contribution in [3.63, 3.8) is 0 Å². The topological polar surface area (TPSA) is 47.5 Å². The number of benzene rings is 1. The monoisotopic (exact) mass is 355 g/mol. The summed E-state index contributed by atoms with van der Waals surface area (Å²) in [6, 6.07) is 7.24. The van der Waals surface area contributed by atoms with Gasteiger partial charge in [-0.25, -0.2) is 4.98 Å². The van der Waals surface area contributed by atoms with Crippen molar-refractivity contribution in [3.05, 3.63) is 36.0 Å². The first kappa shape index (κ1) is 18.8. The molecular formula is C17H20F3N3O2. The van der Waals surface area contributed by atoms with Gasteiger partial charge in [0.25, 0.3) is 0 Å². The maximum Gasteiger partial charge on any atom is 0.423 e. The second-order valence-corrected chi connectivity index (χ2v) is 5.18. The molecule has 0 unspecified atom stereocenters. The van der Waals surface area contributed by atoms with Gasteiger partial charge in [0.05, 0.1) is 13.7 Å². The summed E-state index contributed by atoms with van der Waals surface area (Å²) in [6.45, 7) is 4.91. The van der Waals surface area contributed by atoms with E-state index in [0.717, 1.165) is 25.4 Å². The van der Waals surface area contributed by atoms with Crippen LogP contribution in [0.4, 0.5) is 24.8 Å². The number of ether oxygens (including phenoxy) is 2. The van der Waals surface area contributed by atoms with Crippen molar-refractivity contribution in [1.29, 1.82) is 0 Å². The largest absolute Gasteiger partial charge is 0.494 e. The van der Waals surface area contributed by atoms with Crippen LogP contribution in [0.5, 0.6) is 11.6 Å². The van der Waals surface area contributed by atoms with Gasteiger partial charge in [-0.15, -0.1) is 0 Å². The van der Waals surface area contributed by atoms with E-state index in [1.807, 2.05) is 32.0 Å². The van der Waals surface area contributed by atoms with Crippen molar-refractivity contribution < 1.29 is 22.6 Å². The first-order chi connectivity index (χ1) is 11.9. The number of hydrogen-bond donors (Lipinski definition) is 0. The Kier molecular flexibility index (Phi) is 6.06. The smallest absolute Gasteiger partial charge is 0.423 e. The van der Waals surface area contributed by atoms with Crippen LogP contribution in [0.2, 0.25) is 0 Å². The fourth-order valence-corrected chi connectivity index (χ4v) is 2.24. The van der Waals surface area contributed by atoms with Crippen molar-refractivity contribution in [2.45, 2.75) is 26.4 Å². The molecule has 0 bridgehead atoms. The number of rotatable bonds is 7. The van der Waals surface area contributed by atoms with Gasteiger partial charge in [-0.05, 0) is 25.5 Å². The predicted octanol–water partition coefficient (Wildman–Crippen LogP) is 4.45. The molecule has 136 valence electrons. The Bertz CT molecular complexity index is 708. The lowest BCUT2D eigenvalue weighted by Crippen LogP contribution is -2.20. The molecule has 0 radical (unpaired) electrons. The van der Waals surface area contributed by atoms with E-state index >= 15 is 0 Å². The first-order valence-corrected chi connectivity index (χ1v) is 7.89. The Balaban J connectivity index is 2.38. The molecular weight excluding hydrogens is 335 g/mol. The molecule has 0 aliphatic carbocycles. The summed E-state index contributed by atoms with van der Waals surface area (Å²) < 4.78 is 49.3. The van der Waals surface area contributed by atoms with Crippen LogP contribution in [-0.4, -0.2) is 30.2 Å². The summed E-state index contributed by atoms with van der Waals surface area (Å²) in [5.41, 5.74) is -0.284. The van der Waals surface area contributed by atoms with Crippen LogP contribution in [0, 0.1) is 0 Å². The van der Waals surface area contributed by atoms with Crippen LogP contribution in [0.15, 0.2) is 30.5 Å². The molecule has 0 amide bonds. The fraction of sp³-hybridized carbons (Fsp3) is 0.412. The van der Waals surface area contributed by atoms with E-state index in [1.165, 1.54) is 0 Å². The Morgan fingerprint density at radius 2 is 1.96 bits per heavy atom. The Morgan fingerprint density at radius 3 is 2.56 bits per heavy atom. The quantitative estimate of drug-likeness (QED) is 0.734. The number of halogens is 3. The molecule has 1 aromatic carbocycles. The van der Waals surface area contributed by atoms with Gasteiger partial charge in [-0.2, -0.15) is 18.2 Å². The third kappa shape index (κ3) is 4.52. The average molecular weight is 355 g/mol. The van der Waals surface area contributed by atoms with Gasteiger partial charge in [0.15, 0.2) is 0 Å². The van der Waals surface area contributed by atoms with E-state index in [9.17, 15) is 13.2 Å². The molecule has 2 rings (SSSR count). The molecule has 0 aliphatic heterocycles. The molecule has 0 aliphatic rings. The Hall–Kier alpha value is -2.51. The third-order valence-corrected chi connectivity index (χ3v) is 3.40. The van der Waals surface area contributed by atoms with Gasteiger partial charge in [-0.1, -0.05) is 13.0 Å². The zero-order valence-electron chi connectivity index (χ0n) is 14.3. The van der Waals surface area contributed by atoms with E-state index in [2.05, 4.69) is 9.97 Å². The van der Waals surface area contributed by atoms with E-state index in [-0.39, 0.29) is 5.95 Å².